The molecule has 0 saturated carbocycles. The first-order valence-electron chi connectivity index (χ1n) is 6.01. The smallest absolute Gasteiger partial charge is 0.308 e. The number of carbonyl (C=O) groups is 1. The molecule has 0 fully saturated rings. The first kappa shape index (κ1) is 17.0. The monoisotopic (exact) mass is 316 g/mol. The van der Waals surface area contributed by atoms with Crippen molar-refractivity contribution in [3.8, 4) is 5.75 Å². The summed E-state index contributed by atoms with van der Waals surface area (Å²) < 4.78 is 11.1. The van der Waals surface area contributed by atoms with Crippen LogP contribution in [0.15, 0.2) is 16.6 Å². The van der Waals surface area contributed by atoms with Gasteiger partial charge in [-0.25, -0.2) is 0 Å². The summed E-state index contributed by atoms with van der Waals surface area (Å²) in [4.78, 5) is 10.9. The molecular formula is C14H21BrO3. The molecule has 0 unspecified atom stereocenters. The molecule has 0 radical (unpaired) electrons. The molecule has 0 spiro atoms. The Balaban J connectivity index is 0.00000137. The van der Waals surface area contributed by atoms with Crippen LogP contribution in [0.1, 0.15) is 31.4 Å². The Morgan fingerprint density at radius 2 is 1.72 bits per heavy atom. The summed E-state index contributed by atoms with van der Waals surface area (Å²) in [7, 11) is 1.37. The maximum atomic E-state index is 10.9. The Morgan fingerprint density at radius 1 is 1.22 bits per heavy atom. The van der Waals surface area contributed by atoms with Gasteiger partial charge in [0.15, 0.2) is 0 Å². The van der Waals surface area contributed by atoms with Crippen LogP contribution in [0.3, 0.4) is 0 Å². The molecule has 0 amide bonds. The van der Waals surface area contributed by atoms with E-state index < -0.39 is 0 Å². The third kappa shape index (κ3) is 5.54. The minimum atomic E-state index is -0.259. The van der Waals surface area contributed by atoms with Crippen molar-refractivity contribution in [2.45, 2.75) is 34.1 Å². The van der Waals surface area contributed by atoms with Crippen molar-refractivity contribution in [3.63, 3.8) is 0 Å². The maximum Gasteiger partial charge on any atom is 0.308 e. The van der Waals surface area contributed by atoms with Crippen LogP contribution in [0.5, 0.6) is 5.75 Å². The number of hydrogen-bond acceptors (Lipinski definition) is 3. The topological polar surface area (TPSA) is 35.5 Å². The van der Waals surface area contributed by atoms with Crippen LogP contribution < -0.4 is 4.74 Å². The summed E-state index contributed by atoms with van der Waals surface area (Å²) in [5.41, 5.74) is 2.24. The first-order chi connectivity index (χ1) is 8.54. The van der Waals surface area contributed by atoms with E-state index in [1.54, 1.807) is 0 Å². The van der Waals surface area contributed by atoms with Crippen LogP contribution in [-0.4, -0.2) is 19.7 Å². The lowest BCUT2D eigenvalue weighted by molar-refractivity contribution is -0.141. The SMILES string of the molecule is CC.COC(=O)CCOc1cc(C)c(Br)c(C)c1. The number of esters is 1. The zero-order valence-corrected chi connectivity index (χ0v) is 13.3. The lowest BCUT2D eigenvalue weighted by atomic mass is 10.1. The highest BCUT2D eigenvalue weighted by Crippen LogP contribution is 2.26. The Kier molecular flexibility index (Phi) is 8.46. The number of hydrogen-bond donors (Lipinski definition) is 0. The number of halogens is 1. The molecule has 0 bridgehead atoms. The summed E-state index contributed by atoms with van der Waals surface area (Å²) in [5, 5.41) is 0. The zero-order chi connectivity index (χ0) is 14.1. The fraction of sp³-hybridized carbons (Fsp3) is 0.500. The minimum Gasteiger partial charge on any atom is -0.493 e. The summed E-state index contributed by atoms with van der Waals surface area (Å²) in [6.07, 6.45) is 0.269. The van der Waals surface area contributed by atoms with Crippen LogP contribution in [0.2, 0.25) is 0 Å². The molecule has 0 heterocycles. The third-order valence-corrected chi connectivity index (χ3v) is 3.46. The average molecular weight is 317 g/mol. The van der Waals surface area contributed by atoms with Gasteiger partial charge in [0.2, 0.25) is 0 Å². The van der Waals surface area contributed by atoms with Gasteiger partial charge in [0, 0.05) is 4.47 Å². The van der Waals surface area contributed by atoms with Gasteiger partial charge in [-0.15, -0.1) is 0 Å². The number of ether oxygens (including phenoxy) is 2. The Hall–Kier alpha value is -1.03. The summed E-state index contributed by atoms with van der Waals surface area (Å²) >= 11 is 3.49. The van der Waals surface area contributed by atoms with Crippen LogP contribution in [-0.2, 0) is 9.53 Å². The van der Waals surface area contributed by atoms with Crippen LogP contribution in [0, 0.1) is 13.8 Å². The first-order valence-corrected chi connectivity index (χ1v) is 6.80. The normalized spacial score (nSPS) is 9.22. The molecule has 0 atom stereocenters. The Morgan fingerprint density at radius 3 is 2.17 bits per heavy atom. The molecule has 3 nitrogen and oxygen atoms in total. The minimum absolute atomic E-state index is 0.259. The number of carbonyl (C=O) groups excluding carboxylic acids is 1. The molecule has 0 N–H and O–H groups in total. The van der Waals surface area contributed by atoms with Crippen molar-refractivity contribution < 1.29 is 14.3 Å². The number of aryl methyl sites for hydroxylation is 2. The van der Waals surface area contributed by atoms with Gasteiger partial charge in [-0.3, -0.25) is 4.79 Å². The molecule has 1 rings (SSSR count). The van der Waals surface area contributed by atoms with Gasteiger partial charge in [0.05, 0.1) is 20.1 Å². The number of benzene rings is 1. The molecule has 0 aliphatic carbocycles. The van der Waals surface area contributed by atoms with E-state index >= 15 is 0 Å². The van der Waals surface area contributed by atoms with Crippen molar-refractivity contribution in [1.29, 1.82) is 0 Å². The van der Waals surface area contributed by atoms with Crippen molar-refractivity contribution in [3.05, 3.63) is 27.7 Å². The maximum absolute atomic E-state index is 10.9. The average Bonchev–Trinajstić information content (AvgIpc) is 2.38. The molecule has 4 heteroatoms. The summed E-state index contributed by atoms with van der Waals surface area (Å²) in [6.45, 7) is 8.35. The van der Waals surface area contributed by atoms with E-state index in [2.05, 4.69) is 20.7 Å². The molecule has 102 valence electrons. The highest BCUT2D eigenvalue weighted by molar-refractivity contribution is 9.10. The second-order valence-electron chi connectivity index (χ2n) is 3.55. The van der Waals surface area contributed by atoms with E-state index in [0.717, 1.165) is 21.3 Å². The van der Waals surface area contributed by atoms with Crippen molar-refractivity contribution in [1.82, 2.24) is 0 Å². The quantitative estimate of drug-likeness (QED) is 0.787. The van der Waals surface area contributed by atoms with Gasteiger partial charge in [0.25, 0.3) is 0 Å². The largest absolute Gasteiger partial charge is 0.493 e. The fourth-order valence-electron chi connectivity index (χ4n) is 1.34. The molecule has 18 heavy (non-hydrogen) atoms. The highest BCUT2D eigenvalue weighted by atomic mass is 79.9. The van der Waals surface area contributed by atoms with Gasteiger partial charge in [-0.1, -0.05) is 29.8 Å². The molecule has 0 aliphatic heterocycles. The standard InChI is InChI=1S/C12H15BrO3.C2H6/c1-8-6-10(7-9(2)12(8)13)16-5-4-11(14)15-3;1-2/h6-7H,4-5H2,1-3H3;1-2H3. The second-order valence-corrected chi connectivity index (χ2v) is 4.34. The van der Waals surface area contributed by atoms with E-state index in [0.29, 0.717) is 6.61 Å². The molecular weight excluding hydrogens is 296 g/mol. The van der Waals surface area contributed by atoms with E-state index in [1.165, 1.54) is 7.11 Å². The molecule has 1 aromatic carbocycles. The Bertz CT molecular complexity index is 366. The number of rotatable bonds is 4. The van der Waals surface area contributed by atoms with Gasteiger partial charge < -0.3 is 9.47 Å². The van der Waals surface area contributed by atoms with Gasteiger partial charge in [0.1, 0.15) is 5.75 Å². The lowest BCUT2D eigenvalue weighted by Gasteiger charge is -2.09. The lowest BCUT2D eigenvalue weighted by Crippen LogP contribution is -2.07. The highest BCUT2D eigenvalue weighted by Gasteiger charge is 2.04. The zero-order valence-electron chi connectivity index (χ0n) is 11.7. The van der Waals surface area contributed by atoms with E-state index in [-0.39, 0.29) is 12.4 Å². The van der Waals surface area contributed by atoms with Crippen molar-refractivity contribution in [2.75, 3.05) is 13.7 Å². The predicted molar refractivity (Wildman–Crippen MR) is 77.1 cm³/mol. The molecule has 1 aromatic rings. The predicted octanol–water partition coefficient (Wildman–Crippen LogP) is 4.03. The van der Waals surface area contributed by atoms with Gasteiger partial charge >= 0.3 is 5.97 Å². The van der Waals surface area contributed by atoms with E-state index in [4.69, 9.17) is 4.74 Å². The van der Waals surface area contributed by atoms with Crippen LogP contribution in [0.25, 0.3) is 0 Å². The van der Waals surface area contributed by atoms with Crippen molar-refractivity contribution >= 4 is 21.9 Å². The van der Waals surface area contributed by atoms with Crippen molar-refractivity contribution in [2.24, 2.45) is 0 Å². The summed E-state index contributed by atoms with van der Waals surface area (Å²) in [5.74, 6) is 0.521. The number of methoxy groups -OCH3 is 1. The van der Waals surface area contributed by atoms with Gasteiger partial charge in [-0.2, -0.15) is 0 Å². The molecule has 0 aromatic heterocycles. The van der Waals surface area contributed by atoms with E-state index in [1.807, 2.05) is 39.8 Å². The molecule has 0 aliphatic rings. The second kappa shape index (κ2) is 8.97. The van der Waals surface area contributed by atoms with Gasteiger partial charge in [-0.05, 0) is 37.1 Å². The molecule has 0 saturated heterocycles. The Labute approximate surface area is 118 Å². The van der Waals surface area contributed by atoms with Crippen LogP contribution in [0.4, 0.5) is 0 Å². The summed E-state index contributed by atoms with van der Waals surface area (Å²) in [6, 6.07) is 3.88. The third-order valence-electron chi connectivity index (χ3n) is 2.21. The van der Waals surface area contributed by atoms with E-state index in [9.17, 15) is 4.79 Å². The van der Waals surface area contributed by atoms with Crippen LogP contribution >= 0.6 is 15.9 Å². The fourth-order valence-corrected chi connectivity index (χ4v) is 1.57.